The first-order valence-corrected chi connectivity index (χ1v) is 3.50. The fourth-order valence-electron chi connectivity index (χ4n) is 1.07. The Morgan fingerprint density at radius 3 is 2.79 bits per heavy atom. The van der Waals surface area contributed by atoms with Gasteiger partial charge < -0.3 is 4.84 Å². The molecule has 0 fully saturated rings. The van der Waals surface area contributed by atoms with Crippen molar-refractivity contribution in [1.82, 2.24) is 10.3 Å². The van der Waals surface area contributed by atoms with Gasteiger partial charge in [-0.1, -0.05) is 0 Å². The van der Waals surface area contributed by atoms with E-state index >= 15 is 0 Å². The molecule has 0 unspecified atom stereocenters. The quantitative estimate of drug-likeness (QED) is 0.544. The number of hydrogen-bond acceptors (Lipinski definition) is 7. The fraction of sp³-hybridized carbons (Fsp3) is 0. The molecule has 14 heavy (non-hydrogen) atoms. The maximum Gasteiger partial charge on any atom is 0.301 e. The van der Waals surface area contributed by atoms with Crippen LogP contribution >= 0.6 is 0 Å². The minimum Gasteiger partial charge on any atom is -0.409 e. The lowest BCUT2D eigenvalue weighted by molar-refractivity contribution is -0.383. The summed E-state index contributed by atoms with van der Waals surface area (Å²) in [5.41, 5.74) is -0.0679. The number of rotatable bonds is 2. The average Bonchev–Trinajstić information content (AvgIpc) is 2.64. The van der Waals surface area contributed by atoms with Crippen LogP contribution in [0.5, 0.6) is 5.75 Å². The predicted molar refractivity (Wildman–Crippen MR) is 43.3 cm³/mol. The number of nitrogens with two attached hydrogens (primary N) is 1. The van der Waals surface area contributed by atoms with E-state index in [1.54, 1.807) is 0 Å². The molecule has 0 saturated heterocycles. The van der Waals surface area contributed by atoms with E-state index < -0.39 is 4.92 Å². The van der Waals surface area contributed by atoms with Crippen molar-refractivity contribution in [2.75, 3.05) is 0 Å². The van der Waals surface area contributed by atoms with Crippen molar-refractivity contribution in [2.24, 2.45) is 5.90 Å². The lowest BCUT2D eigenvalue weighted by Gasteiger charge is -1.96. The molecule has 8 heteroatoms. The molecule has 2 N–H and O–H groups in total. The molecule has 72 valence electrons. The van der Waals surface area contributed by atoms with E-state index in [2.05, 4.69) is 19.8 Å². The molecule has 0 aliphatic heterocycles. The van der Waals surface area contributed by atoms with Crippen LogP contribution in [-0.4, -0.2) is 15.2 Å². The molecule has 0 atom stereocenters. The molecule has 0 radical (unpaired) electrons. The predicted octanol–water partition coefficient (Wildman–Crippen LogP) is 0.383. The lowest BCUT2D eigenvalue weighted by Crippen LogP contribution is -2.02. The molecule has 2 aromatic rings. The Kier molecular flexibility index (Phi) is 1.75. The first kappa shape index (κ1) is 8.38. The van der Waals surface area contributed by atoms with Crippen LogP contribution in [-0.2, 0) is 0 Å². The minimum atomic E-state index is -0.590. The number of nitrogens with zero attached hydrogens (tertiary/aromatic N) is 3. The summed E-state index contributed by atoms with van der Waals surface area (Å²) in [5, 5.41) is 17.4. The molecular weight excluding hydrogens is 192 g/mol. The number of fused-ring (bicyclic) bond motifs is 1. The highest BCUT2D eigenvalue weighted by Crippen LogP contribution is 2.29. The van der Waals surface area contributed by atoms with Crippen LogP contribution in [0.1, 0.15) is 0 Å². The Hall–Kier alpha value is -2.22. The molecule has 0 amide bonds. The number of nitro benzene ring substituents is 1. The van der Waals surface area contributed by atoms with Crippen LogP contribution in [0.2, 0.25) is 0 Å². The van der Waals surface area contributed by atoms with E-state index in [-0.39, 0.29) is 22.5 Å². The zero-order valence-electron chi connectivity index (χ0n) is 6.71. The number of aromatic nitrogens is 2. The van der Waals surface area contributed by atoms with Gasteiger partial charge in [0, 0.05) is 6.07 Å². The molecule has 2 rings (SSSR count). The summed E-state index contributed by atoms with van der Waals surface area (Å²) in [4.78, 5) is 14.4. The molecular formula is C6H4N4O4. The SMILES string of the molecule is NOc1ccc([N+](=O)[O-])c2nonc12. The van der Waals surface area contributed by atoms with Crippen molar-refractivity contribution in [2.45, 2.75) is 0 Å². The second-order valence-electron chi connectivity index (χ2n) is 2.42. The van der Waals surface area contributed by atoms with Gasteiger partial charge in [-0.3, -0.25) is 10.1 Å². The Labute approximate surface area is 76.3 Å². The molecule has 0 aliphatic rings. The number of nitro groups is 1. The molecule has 1 aromatic carbocycles. The maximum atomic E-state index is 10.5. The fourth-order valence-corrected chi connectivity index (χ4v) is 1.07. The van der Waals surface area contributed by atoms with E-state index in [0.29, 0.717) is 0 Å². The molecule has 1 heterocycles. The second kappa shape index (κ2) is 2.92. The number of benzene rings is 1. The summed E-state index contributed by atoms with van der Waals surface area (Å²) in [6.45, 7) is 0. The zero-order valence-corrected chi connectivity index (χ0v) is 6.71. The Morgan fingerprint density at radius 1 is 1.43 bits per heavy atom. The third kappa shape index (κ3) is 1.05. The summed E-state index contributed by atoms with van der Waals surface area (Å²) in [5.74, 6) is 5.09. The monoisotopic (exact) mass is 196 g/mol. The van der Waals surface area contributed by atoms with Crippen molar-refractivity contribution in [3.63, 3.8) is 0 Å². The van der Waals surface area contributed by atoms with Gasteiger partial charge in [0.15, 0.2) is 11.3 Å². The maximum absolute atomic E-state index is 10.5. The van der Waals surface area contributed by atoms with Crippen LogP contribution in [0.4, 0.5) is 5.69 Å². The highest BCUT2D eigenvalue weighted by atomic mass is 16.6. The third-order valence-electron chi connectivity index (χ3n) is 1.68. The summed E-state index contributed by atoms with van der Waals surface area (Å²) >= 11 is 0. The molecule has 0 bridgehead atoms. The second-order valence-corrected chi connectivity index (χ2v) is 2.42. The van der Waals surface area contributed by atoms with Crippen LogP contribution in [0.15, 0.2) is 16.8 Å². The summed E-state index contributed by atoms with van der Waals surface area (Å²) in [7, 11) is 0. The summed E-state index contributed by atoms with van der Waals surface area (Å²) in [6, 6.07) is 2.54. The van der Waals surface area contributed by atoms with E-state index in [1.807, 2.05) is 0 Å². The van der Waals surface area contributed by atoms with Crippen molar-refractivity contribution in [1.29, 1.82) is 0 Å². The van der Waals surface area contributed by atoms with Gasteiger partial charge in [-0.25, -0.2) is 4.63 Å². The lowest BCUT2D eigenvalue weighted by atomic mass is 10.2. The van der Waals surface area contributed by atoms with Crippen LogP contribution in [0.25, 0.3) is 11.0 Å². The van der Waals surface area contributed by atoms with Crippen LogP contribution in [0.3, 0.4) is 0 Å². The zero-order chi connectivity index (χ0) is 10.1. The minimum absolute atomic E-state index is 0.0120. The van der Waals surface area contributed by atoms with E-state index in [1.165, 1.54) is 12.1 Å². The van der Waals surface area contributed by atoms with Crippen molar-refractivity contribution < 1.29 is 14.4 Å². The smallest absolute Gasteiger partial charge is 0.301 e. The number of non-ortho nitro benzene ring substituents is 1. The molecule has 0 saturated carbocycles. The average molecular weight is 196 g/mol. The highest BCUT2D eigenvalue weighted by Gasteiger charge is 2.19. The number of hydrogen-bond donors (Lipinski definition) is 1. The van der Waals surface area contributed by atoms with Gasteiger partial charge in [0.2, 0.25) is 5.52 Å². The third-order valence-corrected chi connectivity index (χ3v) is 1.68. The normalized spacial score (nSPS) is 10.4. The van der Waals surface area contributed by atoms with Gasteiger partial charge in [0.1, 0.15) is 0 Å². The van der Waals surface area contributed by atoms with Crippen LogP contribution < -0.4 is 10.7 Å². The molecule has 0 spiro atoms. The Balaban J connectivity index is 2.78. The highest BCUT2D eigenvalue weighted by molar-refractivity contribution is 5.88. The van der Waals surface area contributed by atoms with Gasteiger partial charge in [0.25, 0.3) is 0 Å². The van der Waals surface area contributed by atoms with Gasteiger partial charge in [-0.2, -0.15) is 5.90 Å². The Bertz CT molecular complexity index is 494. The first-order valence-electron chi connectivity index (χ1n) is 3.50. The van der Waals surface area contributed by atoms with Crippen molar-refractivity contribution in [3.8, 4) is 5.75 Å². The van der Waals surface area contributed by atoms with E-state index in [9.17, 15) is 10.1 Å². The first-order chi connectivity index (χ1) is 6.74. The summed E-state index contributed by atoms with van der Waals surface area (Å²) in [6.07, 6.45) is 0. The van der Waals surface area contributed by atoms with Gasteiger partial charge in [-0.15, -0.1) is 0 Å². The van der Waals surface area contributed by atoms with Crippen molar-refractivity contribution >= 4 is 16.7 Å². The molecule has 0 aliphatic carbocycles. The van der Waals surface area contributed by atoms with Crippen molar-refractivity contribution in [3.05, 3.63) is 22.2 Å². The molecule has 8 nitrogen and oxygen atoms in total. The van der Waals surface area contributed by atoms with Crippen LogP contribution in [0, 0.1) is 10.1 Å². The Morgan fingerprint density at radius 2 is 2.14 bits per heavy atom. The van der Waals surface area contributed by atoms with Gasteiger partial charge >= 0.3 is 5.69 Å². The largest absolute Gasteiger partial charge is 0.409 e. The van der Waals surface area contributed by atoms with Gasteiger partial charge in [0.05, 0.1) is 4.92 Å². The van der Waals surface area contributed by atoms with E-state index in [0.717, 1.165) is 0 Å². The standard InChI is InChI=1S/C6H4N4O4/c7-13-4-2-1-3(10(11)12)5-6(4)9-14-8-5/h1-2H,7H2. The molecule has 1 aromatic heterocycles. The van der Waals surface area contributed by atoms with Gasteiger partial charge in [-0.05, 0) is 16.4 Å². The summed E-state index contributed by atoms with van der Waals surface area (Å²) < 4.78 is 4.36. The topological polar surface area (TPSA) is 117 Å². The van der Waals surface area contributed by atoms with E-state index in [4.69, 9.17) is 5.90 Å².